The van der Waals surface area contributed by atoms with Gasteiger partial charge in [-0.05, 0) is 25.5 Å². The molecule has 1 aromatic carbocycles. The maximum absolute atomic E-state index is 12.1. The molecule has 0 saturated heterocycles. The van der Waals surface area contributed by atoms with Gasteiger partial charge in [-0.3, -0.25) is 0 Å². The number of nitrogens with one attached hydrogen (secondary N) is 1. The molecule has 1 aromatic rings. The summed E-state index contributed by atoms with van der Waals surface area (Å²) < 4.78 is 36.8. The van der Waals surface area contributed by atoms with Gasteiger partial charge in [-0.1, -0.05) is 0 Å². The number of hydrogen-bond acceptors (Lipinski definition) is 5. The molecule has 2 N–H and O–H groups in total. The molecule has 0 aliphatic carbocycles. The lowest BCUT2D eigenvalue weighted by Gasteiger charge is -2.14. The minimum atomic E-state index is -3.76. The van der Waals surface area contributed by atoms with Gasteiger partial charge in [-0.15, -0.1) is 0 Å². The van der Waals surface area contributed by atoms with Gasteiger partial charge in [-0.25, -0.2) is 13.1 Å². The molecule has 0 saturated carbocycles. The van der Waals surface area contributed by atoms with Crippen LogP contribution in [0, 0.1) is 6.92 Å². The molecule has 1 atom stereocenters. The van der Waals surface area contributed by atoms with Crippen LogP contribution in [0.3, 0.4) is 0 Å². The number of rotatable bonds is 6. The van der Waals surface area contributed by atoms with E-state index in [-0.39, 0.29) is 17.2 Å². The normalized spacial score (nSPS) is 13.1. The Morgan fingerprint density at radius 3 is 2.32 bits per heavy atom. The van der Waals surface area contributed by atoms with Crippen molar-refractivity contribution in [2.75, 3.05) is 20.8 Å². The number of sulfonamides is 1. The molecule has 0 radical (unpaired) electrons. The third kappa shape index (κ3) is 3.82. The molecule has 7 heteroatoms. The summed E-state index contributed by atoms with van der Waals surface area (Å²) in [5.41, 5.74) is 0.772. The van der Waals surface area contributed by atoms with Crippen molar-refractivity contribution in [2.45, 2.75) is 24.8 Å². The van der Waals surface area contributed by atoms with Crippen molar-refractivity contribution in [1.82, 2.24) is 4.72 Å². The predicted molar refractivity (Wildman–Crippen MR) is 71.2 cm³/mol. The second kappa shape index (κ2) is 6.23. The Balaban J connectivity index is 3.24. The first-order chi connectivity index (χ1) is 8.81. The van der Waals surface area contributed by atoms with Crippen molar-refractivity contribution in [3.8, 4) is 11.5 Å². The molecule has 0 aliphatic rings. The van der Waals surface area contributed by atoms with E-state index in [1.54, 1.807) is 13.0 Å². The van der Waals surface area contributed by atoms with E-state index in [2.05, 4.69) is 4.72 Å². The fourth-order valence-corrected chi connectivity index (χ4v) is 2.83. The molecule has 6 nitrogen and oxygen atoms in total. The summed E-state index contributed by atoms with van der Waals surface area (Å²) in [6.07, 6.45) is -0.770. The summed E-state index contributed by atoms with van der Waals surface area (Å²) in [5, 5.41) is 9.15. The molecule has 1 rings (SSSR count). The summed E-state index contributed by atoms with van der Waals surface area (Å²) in [6, 6.07) is 2.99. The Kier molecular flexibility index (Phi) is 5.16. The monoisotopic (exact) mass is 289 g/mol. The van der Waals surface area contributed by atoms with Crippen LogP contribution in [0.4, 0.5) is 0 Å². The van der Waals surface area contributed by atoms with Gasteiger partial charge in [0.1, 0.15) is 16.4 Å². The van der Waals surface area contributed by atoms with Gasteiger partial charge >= 0.3 is 0 Å². The summed E-state index contributed by atoms with van der Waals surface area (Å²) in [6.45, 7) is 3.22. The minimum Gasteiger partial charge on any atom is -0.496 e. The van der Waals surface area contributed by atoms with Crippen LogP contribution in [0.15, 0.2) is 17.0 Å². The zero-order valence-corrected chi connectivity index (χ0v) is 12.2. The van der Waals surface area contributed by atoms with Crippen LogP contribution in [0.1, 0.15) is 12.5 Å². The van der Waals surface area contributed by atoms with Crippen molar-refractivity contribution in [2.24, 2.45) is 0 Å². The molecule has 19 heavy (non-hydrogen) atoms. The van der Waals surface area contributed by atoms with Gasteiger partial charge in [0, 0.05) is 12.6 Å². The second-order valence-corrected chi connectivity index (χ2v) is 5.91. The highest BCUT2D eigenvalue weighted by Gasteiger charge is 2.21. The van der Waals surface area contributed by atoms with Crippen molar-refractivity contribution in [3.63, 3.8) is 0 Å². The topological polar surface area (TPSA) is 84.9 Å². The quantitative estimate of drug-likeness (QED) is 0.804. The van der Waals surface area contributed by atoms with Crippen molar-refractivity contribution < 1.29 is 23.0 Å². The Morgan fingerprint density at radius 2 is 1.84 bits per heavy atom. The van der Waals surface area contributed by atoms with Crippen LogP contribution in [0.25, 0.3) is 0 Å². The molecule has 0 spiro atoms. The van der Waals surface area contributed by atoms with Crippen LogP contribution in [-0.4, -0.2) is 40.4 Å². The third-order valence-corrected chi connectivity index (χ3v) is 3.98. The van der Waals surface area contributed by atoms with E-state index in [1.807, 2.05) is 0 Å². The Morgan fingerprint density at radius 1 is 1.26 bits per heavy atom. The van der Waals surface area contributed by atoms with Gasteiger partial charge < -0.3 is 14.6 Å². The van der Waals surface area contributed by atoms with Crippen molar-refractivity contribution >= 4 is 10.0 Å². The van der Waals surface area contributed by atoms with E-state index in [9.17, 15) is 8.42 Å². The van der Waals surface area contributed by atoms with Crippen molar-refractivity contribution in [1.29, 1.82) is 0 Å². The number of hydrogen-bond donors (Lipinski definition) is 2. The average Bonchev–Trinajstić information content (AvgIpc) is 2.35. The summed E-state index contributed by atoms with van der Waals surface area (Å²) in [5.74, 6) is 0.689. The maximum Gasteiger partial charge on any atom is 0.244 e. The lowest BCUT2D eigenvalue weighted by atomic mass is 10.2. The molecule has 0 bridgehead atoms. The molecular formula is C12H19NO5S. The second-order valence-electron chi connectivity index (χ2n) is 4.17. The fraction of sp³-hybridized carbons (Fsp3) is 0.500. The fourth-order valence-electron chi connectivity index (χ4n) is 1.54. The Labute approximate surface area is 113 Å². The zero-order valence-electron chi connectivity index (χ0n) is 11.4. The number of aryl methyl sites for hydroxylation is 1. The molecule has 0 unspecified atom stereocenters. The van der Waals surface area contributed by atoms with Gasteiger partial charge in [0.05, 0.1) is 20.3 Å². The van der Waals surface area contributed by atoms with Gasteiger partial charge in [0.15, 0.2) is 0 Å². The van der Waals surface area contributed by atoms with Crippen LogP contribution in [0.2, 0.25) is 0 Å². The lowest BCUT2D eigenvalue weighted by Crippen LogP contribution is -2.31. The highest BCUT2D eigenvalue weighted by atomic mass is 32.2. The average molecular weight is 289 g/mol. The SMILES string of the molecule is COc1cc(S(=O)(=O)NC[C@@H](C)O)c(OC)cc1C. The summed E-state index contributed by atoms with van der Waals surface area (Å²) in [4.78, 5) is -0.0156. The predicted octanol–water partition coefficient (Wildman–Crippen LogP) is 0.671. The first kappa shape index (κ1) is 15.7. The lowest BCUT2D eigenvalue weighted by molar-refractivity contribution is 0.198. The summed E-state index contributed by atoms with van der Waals surface area (Å²) in [7, 11) is -0.898. The smallest absolute Gasteiger partial charge is 0.244 e. The van der Waals surface area contributed by atoms with E-state index >= 15 is 0 Å². The number of ether oxygens (including phenoxy) is 2. The van der Waals surface area contributed by atoms with Gasteiger partial charge in [0.2, 0.25) is 10.0 Å². The van der Waals surface area contributed by atoms with Crippen LogP contribution in [-0.2, 0) is 10.0 Å². The number of aliphatic hydroxyl groups excluding tert-OH is 1. The third-order valence-electron chi connectivity index (χ3n) is 2.54. The summed E-state index contributed by atoms with van der Waals surface area (Å²) >= 11 is 0. The minimum absolute atomic E-state index is 0.0156. The first-order valence-electron chi connectivity index (χ1n) is 5.72. The highest BCUT2D eigenvalue weighted by molar-refractivity contribution is 7.89. The standard InChI is InChI=1S/C12H19NO5S/c1-8-5-11(18-4)12(6-10(8)17-3)19(15,16)13-7-9(2)14/h5-6,9,13-14H,7H2,1-4H3/t9-/m1/s1. The van der Waals surface area contributed by atoms with E-state index in [1.165, 1.54) is 27.2 Å². The van der Waals surface area contributed by atoms with Crippen LogP contribution < -0.4 is 14.2 Å². The molecular weight excluding hydrogens is 270 g/mol. The highest BCUT2D eigenvalue weighted by Crippen LogP contribution is 2.31. The van der Waals surface area contributed by atoms with E-state index in [0.29, 0.717) is 5.75 Å². The number of methoxy groups -OCH3 is 2. The Bertz CT molecular complexity index is 539. The van der Waals surface area contributed by atoms with E-state index in [0.717, 1.165) is 5.56 Å². The molecule has 0 aromatic heterocycles. The molecule has 0 heterocycles. The molecule has 0 fully saturated rings. The molecule has 108 valence electrons. The van der Waals surface area contributed by atoms with Crippen LogP contribution in [0.5, 0.6) is 11.5 Å². The number of aliphatic hydroxyl groups is 1. The van der Waals surface area contributed by atoms with Crippen molar-refractivity contribution in [3.05, 3.63) is 17.7 Å². The zero-order chi connectivity index (χ0) is 14.6. The molecule has 0 aliphatic heterocycles. The first-order valence-corrected chi connectivity index (χ1v) is 7.20. The van der Waals surface area contributed by atoms with Gasteiger partial charge in [-0.2, -0.15) is 0 Å². The largest absolute Gasteiger partial charge is 0.496 e. The maximum atomic E-state index is 12.1. The molecule has 0 amide bonds. The van der Waals surface area contributed by atoms with E-state index < -0.39 is 16.1 Å². The van der Waals surface area contributed by atoms with Gasteiger partial charge in [0.25, 0.3) is 0 Å². The van der Waals surface area contributed by atoms with Crippen LogP contribution >= 0.6 is 0 Å². The van der Waals surface area contributed by atoms with E-state index in [4.69, 9.17) is 14.6 Å². The number of benzene rings is 1. The Hall–Kier alpha value is -1.31.